The Morgan fingerprint density at radius 2 is 1.70 bits per heavy atom. The number of para-hydroxylation sites is 1. The van der Waals surface area contributed by atoms with Crippen molar-refractivity contribution in [3.63, 3.8) is 0 Å². The number of benzene rings is 2. The highest BCUT2D eigenvalue weighted by Crippen LogP contribution is 2.27. The summed E-state index contributed by atoms with van der Waals surface area (Å²) in [5.74, 6) is 0. The van der Waals surface area contributed by atoms with Crippen molar-refractivity contribution < 1.29 is 0 Å². The molecule has 0 amide bonds. The molecule has 0 saturated carbocycles. The molecule has 3 aromatic rings. The molecule has 0 aliphatic rings. The molecule has 0 unspecified atom stereocenters. The summed E-state index contributed by atoms with van der Waals surface area (Å²) < 4.78 is 0. The van der Waals surface area contributed by atoms with Crippen LogP contribution >= 0.6 is 0 Å². The van der Waals surface area contributed by atoms with E-state index in [9.17, 15) is 0 Å². The summed E-state index contributed by atoms with van der Waals surface area (Å²) in [6.45, 7) is 0.849. The molecule has 1 heterocycles. The third kappa shape index (κ3) is 2.57. The second-order valence-electron chi connectivity index (χ2n) is 4.77. The van der Waals surface area contributed by atoms with Crippen molar-refractivity contribution in [2.24, 2.45) is 0 Å². The average Bonchev–Trinajstić information content (AvgIpc) is 2.50. The van der Waals surface area contributed by atoms with Crippen molar-refractivity contribution in [3.8, 4) is 0 Å². The van der Waals surface area contributed by atoms with Crippen molar-refractivity contribution in [1.82, 2.24) is 4.98 Å². The maximum absolute atomic E-state index is 6.04. The summed E-state index contributed by atoms with van der Waals surface area (Å²) in [7, 11) is 0. The molecule has 0 aliphatic heterocycles. The summed E-state index contributed by atoms with van der Waals surface area (Å²) in [4.78, 5) is 4.34. The SMILES string of the molecule is Nc1cnc2ccccc2c1NCCc1ccccc1. The zero-order valence-corrected chi connectivity index (χ0v) is 11.2. The lowest BCUT2D eigenvalue weighted by Gasteiger charge is -2.12. The van der Waals surface area contributed by atoms with E-state index in [-0.39, 0.29) is 0 Å². The van der Waals surface area contributed by atoms with Crippen LogP contribution in [0, 0.1) is 0 Å². The van der Waals surface area contributed by atoms with Crippen LogP contribution in [-0.2, 0) is 6.42 Å². The van der Waals surface area contributed by atoms with E-state index in [1.165, 1.54) is 5.56 Å². The molecule has 0 radical (unpaired) electrons. The normalized spacial score (nSPS) is 10.6. The minimum absolute atomic E-state index is 0.691. The zero-order chi connectivity index (χ0) is 13.8. The van der Waals surface area contributed by atoms with E-state index in [1.807, 2.05) is 30.3 Å². The third-order valence-corrected chi connectivity index (χ3v) is 3.36. The second kappa shape index (κ2) is 5.61. The first kappa shape index (κ1) is 12.5. The monoisotopic (exact) mass is 263 g/mol. The summed E-state index contributed by atoms with van der Waals surface area (Å²) in [5, 5.41) is 4.51. The van der Waals surface area contributed by atoms with Crippen LogP contribution in [0.2, 0.25) is 0 Å². The van der Waals surface area contributed by atoms with Crippen molar-refractivity contribution in [3.05, 3.63) is 66.4 Å². The van der Waals surface area contributed by atoms with Gasteiger partial charge in [-0.3, -0.25) is 4.98 Å². The molecule has 0 atom stereocenters. The first-order valence-corrected chi connectivity index (χ1v) is 6.75. The van der Waals surface area contributed by atoms with E-state index >= 15 is 0 Å². The number of hydrogen-bond donors (Lipinski definition) is 2. The Bertz CT molecular complexity index is 708. The maximum Gasteiger partial charge on any atom is 0.0743 e. The fraction of sp³-hybridized carbons (Fsp3) is 0.118. The number of nitrogens with zero attached hydrogens (tertiary/aromatic N) is 1. The number of aromatic nitrogens is 1. The molecule has 3 rings (SSSR count). The van der Waals surface area contributed by atoms with Crippen LogP contribution in [-0.4, -0.2) is 11.5 Å². The summed E-state index contributed by atoms with van der Waals surface area (Å²) >= 11 is 0. The minimum Gasteiger partial charge on any atom is -0.396 e. The first-order valence-electron chi connectivity index (χ1n) is 6.75. The van der Waals surface area contributed by atoms with Crippen molar-refractivity contribution in [1.29, 1.82) is 0 Å². The molecule has 0 spiro atoms. The summed E-state index contributed by atoms with van der Waals surface area (Å²) in [5.41, 5.74) is 9.99. The Morgan fingerprint density at radius 1 is 0.950 bits per heavy atom. The van der Waals surface area contributed by atoms with Crippen LogP contribution in [0.3, 0.4) is 0 Å². The molecular weight excluding hydrogens is 246 g/mol. The van der Waals surface area contributed by atoms with Gasteiger partial charge in [0.05, 0.1) is 23.1 Å². The van der Waals surface area contributed by atoms with Gasteiger partial charge in [-0.2, -0.15) is 0 Å². The predicted molar refractivity (Wildman–Crippen MR) is 84.8 cm³/mol. The molecule has 2 aromatic carbocycles. The van der Waals surface area contributed by atoms with E-state index < -0.39 is 0 Å². The second-order valence-corrected chi connectivity index (χ2v) is 4.77. The molecule has 0 aliphatic carbocycles. The number of hydrogen-bond acceptors (Lipinski definition) is 3. The molecule has 3 nitrogen and oxygen atoms in total. The molecule has 100 valence electrons. The Hall–Kier alpha value is -2.55. The first-order chi connectivity index (χ1) is 9.84. The van der Waals surface area contributed by atoms with Crippen LogP contribution < -0.4 is 11.1 Å². The van der Waals surface area contributed by atoms with Crippen LogP contribution in [0.5, 0.6) is 0 Å². The Balaban J connectivity index is 1.79. The number of pyridine rings is 1. The maximum atomic E-state index is 6.04. The van der Waals surface area contributed by atoms with Crippen LogP contribution in [0.1, 0.15) is 5.56 Å². The molecule has 0 fully saturated rings. The minimum atomic E-state index is 0.691. The van der Waals surface area contributed by atoms with Gasteiger partial charge in [0.15, 0.2) is 0 Å². The van der Waals surface area contributed by atoms with Gasteiger partial charge in [-0.25, -0.2) is 0 Å². The van der Waals surface area contributed by atoms with Gasteiger partial charge in [0.25, 0.3) is 0 Å². The number of nitrogen functional groups attached to an aromatic ring is 1. The van der Waals surface area contributed by atoms with E-state index in [0.717, 1.165) is 29.6 Å². The van der Waals surface area contributed by atoms with Gasteiger partial charge in [-0.15, -0.1) is 0 Å². The number of nitrogens with one attached hydrogen (secondary N) is 1. The van der Waals surface area contributed by atoms with Gasteiger partial charge >= 0.3 is 0 Å². The van der Waals surface area contributed by atoms with Crippen molar-refractivity contribution in [2.75, 3.05) is 17.6 Å². The smallest absolute Gasteiger partial charge is 0.0743 e. The van der Waals surface area contributed by atoms with E-state index in [4.69, 9.17) is 5.73 Å². The Morgan fingerprint density at radius 3 is 2.55 bits per heavy atom. The topological polar surface area (TPSA) is 50.9 Å². The summed E-state index contributed by atoms with van der Waals surface area (Å²) in [6, 6.07) is 18.5. The number of rotatable bonds is 4. The lowest BCUT2D eigenvalue weighted by molar-refractivity contribution is 1.02. The fourth-order valence-corrected chi connectivity index (χ4v) is 2.33. The molecule has 0 bridgehead atoms. The van der Waals surface area contributed by atoms with Gasteiger partial charge in [0.2, 0.25) is 0 Å². The lowest BCUT2D eigenvalue weighted by atomic mass is 10.1. The number of nitrogens with two attached hydrogens (primary N) is 1. The van der Waals surface area contributed by atoms with Crippen LogP contribution in [0.15, 0.2) is 60.8 Å². The van der Waals surface area contributed by atoms with Crippen molar-refractivity contribution >= 4 is 22.3 Å². The van der Waals surface area contributed by atoms with Gasteiger partial charge in [-0.1, -0.05) is 48.5 Å². The largest absolute Gasteiger partial charge is 0.396 e. The molecule has 20 heavy (non-hydrogen) atoms. The third-order valence-electron chi connectivity index (χ3n) is 3.36. The Kier molecular flexibility index (Phi) is 3.50. The molecular formula is C17H17N3. The molecule has 3 N–H and O–H groups in total. The quantitative estimate of drug-likeness (QED) is 0.757. The van der Waals surface area contributed by atoms with Gasteiger partial charge in [0.1, 0.15) is 0 Å². The predicted octanol–water partition coefficient (Wildman–Crippen LogP) is 3.47. The van der Waals surface area contributed by atoms with E-state index in [0.29, 0.717) is 5.69 Å². The highest BCUT2D eigenvalue weighted by atomic mass is 14.9. The van der Waals surface area contributed by atoms with Crippen LogP contribution in [0.25, 0.3) is 10.9 Å². The molecule has 1 aromatic heterocycles. The van der Waals surface area contributed by atoms with Gasteiger partial charge < -0.3 is 11.1 Å². The average molecular weight is 263 g/mol. The Labute approximate surface area is 118 Å². The van der Waals surface area contributed by atoms with Crippen molar-refractivity contribution in [2.45, 2.75) is 6.42 Å². The van der Waals surface area contributed by atoms with Crippen LogP contribution in [0.4, 0.5) is 11.4 Å². The van der Waals surface area contributed by atoms with E-state index in [2.05, 4.69) is 34.6 Å². The summed E-state index contributed by atoms with van der Waals surface area (Å²) in [6.07, 6.45) is 2.68. The highest BCUT2D eigenvalue weighted by Gasteiger charge is 2.05. The standard InChI is InChI=1S/C17H17N3/c18-15-12-20-16-9-5-4-8-14(16)17(15)19-11-10-13-6-2-1-3-7-13/h1-9,12H,10-11,18H2,(H,19,20). The van der Waals surface area contributed by atoms with E-state index in [1.54, 1.807) is 6.20 Å². The number of fused-ring (bicyclic) bond motifs is 1. The zero-order valence-electron chi connectivity index (χ0n) is 11.2. The molecule has 0 saturated heterocycles. The fourth-order valence-electron chi connectivity index (χ4n) is 2.33. The highest BCUT2D eigenvalue weighted by molar-refractivity contribution is 5.96. The molecule has 3 heteroatoms. The van der Waals surface area contributed by atoms with Gasteiger partial charge in [0, 0.05) is 11.9 Å². The lowest BCUT2D eigenvalue weighted by Crippen LogP contribution is -2.07. The number of anilines is 2. The van der Waals surface area contributed by atoms with Gasteiger partial charge in [-0.05, 0) is 18.1 Å².